The van der Waals surface area contributed by atoms with Crippen molar-refractivity contribution in [3.05, 3.63) is 100 Å². The molecule has 0 fully saturated rings. The number of carbonyl (C=O) groups excluding carboxylic acids is 1. The monoisotopic (exact) mass is 378 g/mol. The minimum absolute atomic E-state index is 0.348. The Morgan fingerprint density at radius 1 is 1.07 bits per heavy atom. The highest BCUT2D eigenvalue weighted by atomic mass is 35.5. The second-order valence-corrected chi connectivity index (χ2v) is 6.43. The van der Waals surface area contributed by atoms with Gasteiger partial charge in [0, 0.05) is 0 Å². The Hall–Kier alpha value is -3.11. The van der Waals surface area contributed by atoms with Crippen molar-refractivity contribution in [2.24, 2.45) is 5.10 Å². The normalized spacial score (nSPS) is 10.7. The van der Waals surface area contributed by atoms with E-state index in [4.69, 9.17) is 16.3 Å². The summed E-state index contributed by atoms with van der Waals surface area (Å²) in [5.41, 5.74) is 5.83. The molecule has 0 aliphatic carbocycles. The van der Waals surface area contributed by atoms with Gasteiger partial charge < -0.3 is 4.74 Å². The van der Waals surface area contributed by atoms with Gasteiger partial charge in [0.1, 0.15) is 12.4 Å². The van der Waals surface area contributed by atoms with Gasteiger partial charge in [-0.15, -0.1) is 0 Å². The molecule has 0 aliphatic rings. The van der Waals surface area contributed by atoms with Gasteiger partial charge in [-0.1, -0.05) is 48.0 Å². The number of nitrogens with one attached hydrogen (secondary N) is 1. The van der Waals surface area contributed by atoms with Crippen LogP contribution >= 0.6 is 11.6 Å². The maximum atomic E-state index is 12.1. The summed E-state index contributed by atoms with van der Waals surface area (Å²) in [5, 5.41) is 4.39. The van der Waals surface area contributed by atoms with E-state index in [-0.39, 0.29) is 5.91 Å². The van der Waals surface area contributed by atoms with Crippen molar-refractivity contribution in [2.45, 2.75) is 13.5 Å². The van der Waals surface area contributed by atoms with E-state index in [2.05, 4.69) is 10.5 Å². The maximum Gasteiger partial charge on any atom is 0.272 e. The lowest BCUT2D eigenvalue weighted by Gasteiger charge is -2.06. The number of nitrogens with zero attached hydrogens (tertiary/aromatic N) is 1. The van der Waals surface area contributed by atoms with Crippen molar-refractivity contribution in [3.63, 3.8) is 0 Å². The summed E-state index contributed by atoms with van der Waals surface area (Å²) in [5.74, 6) is 0.422. The Kier molecular flexibility index (Phi) is 6.23. The van der Waals surface area contributed by atoms with Crippen molar-refractivity contribution >= 4 is 23.7 Å². The molecular weight excluding hydrogens is 360 g/mol. The Morgan fingerprint density at radius 2 is 1.81 bits per heavy atom. The molecule has 1 amide bonds. The Labute approximate surface area is 163 Å². The molecule has 0 saturated carbocycles. The van der Waals surface area contributed by atoms with Gasteiger partial charge in [0.15, 0.2) is 0 Å². The van der Waals surface area contributed by atoms with Crippen LogP contribution in [-0.4, -0.2) is 12.1 Å². The first kappa shape index (κ1) is 18.7. The smallest absolute Gasteiger partial charge is 0.272 e. The van der Waals surface area contributed by atoms with E-state index in [9.17, 15) is 4.79 Å². The minimum Gasteiger partial charge on any atom is -0.489 e. The minimum atomic E-state index is -0.348. The first-order valence-corrected chi connectivity index (χ1v) is 8.86. The zero-order chi connectivity index (χ0) is 19.1. The molecule has 0 atom stereocenters. The zero-order valence-electron chi connectivity index (χ0n) is 14.9. The summed E-state index contributed by atoms with van der Waals surface area (Å²) in [6, 6.07) is 22.7. The Balaban J connectivity index is 1.53. The van der Waals surface area contributed by atoms with E-state index >= 15 is 0 Å². The number of aryl methyl sites for hydroxylation is 1. The lowest BCUT2D eigenvalue weighted by molar-refractivity contribution is 0.0955. The quantitative estimate of drug-likeness (QED) is 0.485. The molecular formula is C22H19ClN2O2. The standard InChI is InChI=1S/C22H19ClN2O2/c1-16-7-12-20(21(23)13-16)22(26)25-24-14-17-8-10-19(11-9-17)27-15-18-5-3-2-4-6-18/h2-14H,15H2,1H3,(H,25,26). The molecule has 0 aromatic heterocycles. The first-order chi connectivity index (χ1) is 13.1. The molecule has 3 rings (SSSR count). The fourth-order valence-electron chi connectivity index (χ4n) is 2.42. The molecule has 5 heteroatoms. The molecule has 27 heavy (non-hydrogen) atoms. The Morgan fingerprint density at radius 3 is 2.52 bits per heavy atom. The summed E-state index contributed by atoms with van der Waals surface area (Å²) in [6.07, 6.45) is 1.57. The molecule has 0 spiro atoms. The fraction of sp³-hybridized carbons (Fsp3) is 0.0909. The second kappa shape index (κ2) is 9.01. The molecule has 0 unspecified atom stereocenters. The molecule has 0 heterocycles. The molecule has 0 bridgehead atoms. The highest BCUT2D eigenvalue weighted by Gasteiger charge is 2.08. The van der Waals surface area contributed by atoms with Gasteiger partial charge >= 0.3 is 0 Å². The topological polar surface area (TPSA) is 50.7 Å². The van der Waals surface area contributed by atoms with Crippen LogP contribution in [0.5, 0.6) is 5.75 Å². The van der Waals surface area contributed by atoms with Crippen LogP contribution in [-0.2, 0) is 6.61 Å². The van der Waals surface area contributed by atoms with Crippen molar-refractivity contribution in [2.75, 3.05) is 0 Å². The van der Waals surface area contributed by atoms with Crippen LogP contribution in [0.15, 0.2) is 77.9 Å². The largest absolute Gasteiger partial charge is 0.489 e. The first-order valence-electron chi connectivity index (χ1n) is 8.48. The predicted octanol–water partition coefficient (Wildman–Crippen LogP) is 4.99. The van der Waals surface area contributed by atoms with E-state index in [1.807, 2.05) is 67.6 Å². The number of ether oxygens (including phenoxy) is 1. The van der Waals surface area contributed by atoms with Crippen LogP contribution in [0.1, 0.15) is 27.0 Å². The highest BCUT2D eigenvalue weighted by molar-refractivity contribution is 6.33. The third-order valence-corrected chi connectivity index (χ3v) is 4.19. The van der Waals surface area contributed by atoms with E-state index in [0.717, 1.165) is 22.4 Å². The summed E-state index contributed by atoms with van der Waals surface area (Å²) in [7, 11) is 0. The second-order valence-electron chi connectivity index (χ2n) is 6.03. The highest BCUT2D eigenvalue weighted by Crippen LogP contribution is 2.17. The van der Waals surface area contributed by atoms with Gasteiger partial charge in [-0.25, -0.2) is 5.43 Å². The zero-order valence-corrected chi connectivity index (χ0v) is 15.6. The van der Waals surface area contributed by atoms with Crippen LogP contribution in [0.3, 0.4) is 0 Å². The van der Waals surface area contributed by atoms with Crippen LogP contribution in [0.25, 0.3) is 0 Å². The molecule has 1 N–H and O–H groups in total. The third-order valence-electron chi connectivity index (χ3n) is 3.88. The van der Waals surface area contributed by atoms with E-state index in [0.29, 0.717) is 17.2 Å². The van der Waals surface area contributed by atoms with E-state index in [1.54, 1.807) is 18.3 Å². The molecule has 0 radical (unpaired) electrons. The number of rotatable bonds is 6. The summed E-state index contributed by atoms with van der Waals surface area (Å²) in [4.78, 5) is 12.1. The molecule has 0 aliphatic heterocycles. The van der Waals surface area contributed by atoms with Gasteiger partial charge in [-0.05, 0) is 60.0 Å². The fourth-order valence-corrected chi connectivity index (χ4v) is 2.74. The number of carbonyl (C=O) groups is 1. The van der Waals surface area contributed by atoms with Crippen molar-refractivity contribution < 1.29 is 9.53 Å². The average Bonchev–Trinajstić information content (AvgIpc) is 2.68. The van der Waals surface area contributed by atoms with E-state index in [1.165, 1.54) is 0 Å². The summed E-state index contributed by atoms with van der Waals surface area (Å²) >= 11 is 6.09. The maximum absolute atomic E-state index is 12.1. The van der Waals surface area contributed by atoms with Crippen molar-refractivity contribution in [1.29, 1.82) is 0 Å². The number of benzene rings is 3. The van der Waals surface area contributed by atoms with Crippen LogP contribution < -0.4 is 10.2 Å². The predicted molar refractivity (Wildman–Crippen MR) is 108 cm³/mol. The molecule has 3 aromatic rings. The Bertz CT molecular complexity index is 938. The molecule has 3 aromatic carbocycles. The van der Waals surface area contributed by atoms with E-state index < -0.39 is 0 Å². The lowest BCUT2D eigenvalue weighted by atomic mass is 10.1. The number of hydrazone groups is 1. The van der Waals surface area contributed by atoms with Crippen LogP contribution in [0, 0.1) is 6.92 Å². The van der Waals surface area contributed by atoms with Crippen LogP contribution in [0.4, 0.5) is 0 Å². The van der Waals surface area contributed by atoms with Crippen molar-refractivity contribution in [3.8, 4) is 5.75 Å². The number of halogens is 1. The summed E-state index contributed by atoms with van der Waals surface area (Å²) in [6.45, 7) is 2.43. The molecule has 136 valence electrons. The molecule has 4 nitrogen and oxygen atoms in total. The van der Waals surface area contributed by atoms with Gasteiger partial charge in [-0.3, -0.25) is 4.79 Å². The molecule has 0 saturated heterocycles. The SMILES string of the molecule is Cc1ccc(C(=O)NN=Cc2ccc(OCc3ccccc3)cc2)c(Cl)c1. The number of amides is 1. The average molecular weight is 379 g/mol. The van der Waals surface area contributed by atoms with Gasteiger partial charge in [0.25, 0.3) is 5.91 Å². The van der Waals surface area contributed by atoms with Gasteiger partial charge in [0.05, 0.1) is 16.8 Å². The van der Waals surface area contributed by atoms with Gasteiger partial charge in [0.2, 0.25) is 0 Å². The number of hydrogen-bond donors (Lipinski definition) is 1. The lowest BCUT2D eigenvalue weighted by Crippen LogP contribution is -2.18. The third kappa shape index (κ3) is 5.43. The van der Waals surface area contributed by atoms with Crippen molar-refractivity contribution in [1.82, 2.24) is 5.43 Å². The van der Waals surface area contributed by atoms with Crippen LogP contribution in [0.2, 0.25) is 5.02 Å². The number of hydrogen-bond acceptors (Lipinski definition) is 3. The summed E-state index contributed by atoms with van der Waals surface area (Å²) < 4.78 is 5.74. The van der Waals surface area contributed by atoms with Gasteiger partial charge in [-0.2, -0.15) is 5.10 Å².